The highest BCUT2D eigenvalue weighted by Gasteiger charge is 2.09. The van der Waals surface area contributed by atoms with Crippen LogP contribution in [0.1, 0.15) is 38.1 Å². The number of hydrogen-bond donors (Lipinski definition) is 1. The summed E-state index contributed by atoms with van der Waals surface area (Å²) in [5.74, 6) is 0. The van der Waals surface area contributed by atoms with Crippen LogP contribution in [0.2, 0.25) is 0 Å². The fourth-order valence-corrected chi connectivity index (χ4v) is 2.09. The molecule has 102 valence electrons. The van der Waals surface area contributed by atoms with Gasteiger partial charge >= 0.3 is 0 Å². The van der Waals surface area contributed by atoms with Crippen LogP contribution in [-0.2, 0) is 6.54 Å². The molecule has 1 unspecified atom stereocenters. The lowest BCUT2D eigenvalue weighted by Crippen LogP contribution is -2.39. The second kappa shape index (κ2) is 8.22. The Morgan fingerprint density at radius 3 is 2.72 bits per heavy atom. The third kappa shape index (κ3) is 5.61. The van der Waals surface area contributed by atoms with Gasteiger partial charge in [-0.1, -0.05) is 19.9 Å². The van der Waals surface area contributed by atoms with Gasteiger partial charge in [0.2, 0.25) is 0 Å². The third-order valence-corrected chi connectivity index (χ3v) is 3.09. The highest BCUT2D eigenvalue weighted by Crippen LogP contribution is 2.03. The van der Waals surface area contributed by atoms with Gasteiger partial charge in [0.15, 0.2) is 0 Å². The van der Waals surface area contributed by atoms with E-state index in [4.69, 9.17) is 0 Å². The van der Waals surface area contributed by atoms with Crippen LogP contribution in [0.4, 0.5) is 0 Å². The van der Waals surface area contributed by atoms with Gasteiger partial charge in [-0.25, -0.2) is 0 Å². The number of aromatic nitrogens is 1. The number of nitrogens with zero attached hydrogens (tertiary/aromatic N) is 2. The minimum Gasteiger partial charge on any atom is -0.313 e. The van der Waals surface area contributed by atoms with E-state index in [1.807, 2.05) is 13.0 Å². The van der Waals surface area contributed by atoms with Crippen LogP contribution in [0.25, 0.3) is 0 Å². The quantitative estimate of drug-likeness (QED) is 0.767. The highest BCUT2D eigenvalue weighted by atomic mass is 15.1. The molecular weight excluding hydrogens is 222 g/mol. The Labute approximate surface area is 112 Å². The standard InChI is InChI=1S/C15H27N3/c1-5-10-16-14(6-2)11-18(4)12-15-9-7-8-13(3)17-15/h7-9,14,16H,5-6,10-12H2,1-4H3. The second-order valence-corrected chi connectivity index (χ2v) is 5.03. The van der Waals surface area contributed by atoms with E-state index in [0.29, 0.717) is 6.04 Å². The molecule has 18 heavy (non-hydrogen) atoms. The molecule has 0 aliphatic heterocycles. The molecule has 0 saturated carbocycles. The van der Waals surface area contributed by atoms with Gasteiger partial charge in [0.1, 0.15) is 0 Å². The molecule has 0 spiro atoms. The number of nitrogens with one attached hydrogen (secondary N) is 1. The Kier molecular flexibility index (Phi) is 6.91. The molecule has 0 saturated heterocycles. The van der Waals surface area contributed by atoms with Crippen LogP contribution in [0.5, 0.6) is 0 Å². The predicted octanol–water partition coefficient (Wildman–Crippen LogP) is 2.60. The van der Waals surface area contributed by atoms with Crippen molar-refractivity contribution in [3.63, 3.8) is 0 Å². The first-order valence-electron chi connectivity index (χ1n) is 7.00. The molecule has 1 aromatic rings. The van der Waals surface area contributed by atoms with E-state index >= 15 is 0 Å². The molecule has 0 aromatic carbocycles. The Bertz CT molecular complexity index is 338. The van der Waals surface area contributed by atoms with Crippen LogP contribution in [0, 0.1) is 6.92 Å². The maximum atomic E-state index is 4.55. The number of likely N-dealkylation sites (N-methyl/N-ethyl adjacent to an activating group) is 1. The first-order valence-corrected chi connectivity index (χ1v) is 7.00. The summed E-state index contributed by atoms with van der Waals surface area (Å²) >= 11 is 0. The molecule has 3 heteroatoms. The fraction of sp³-hybridized carbons (Fsp3) is 0.667. The van der Waals surface area contributed by atoms with Crippen molar-refractivity contribution < 1.29 is 0 Å². The predicted molar refractivity (Wildman–Crippen MR) is 77.7 cm³/mol. The van der Waals surface area contributed by atoms with Gasteiger partial charge in [0.05, 0.1) is 5.69 Å². The van der Waals surface area contributed by atoms with Gasteiger partial charge in [-0.15, -0.1) is 0 Å². The lowest BCUT2D eigenvalue weighted by atomic mass is 10.2. The molecule has 0 amide bonds. The van der Waals surface area contributed by atoms with Crippen LogP contribution in [-0.4, -0.2) is 36.1 Å². The van der Waals surface area contributed by atoms with E-state index in [1.165, 1.54) is 12.8 Å². The van der Waals surface area contributed by atoms with Crippen molar-refractivity contribution in [2.45, 2.75) is 46.2 Å². The average Bonchev–Trinajstić information content (AvgIpc) is 2.34. The SMILES string of the molecule is CCCNC(CC)CN(C)Cc1cccc(C)n1. The summed E-state index contributed by atoms with van der Waals surface area (Å²) in [5, 5.41) is 3.59. The van der Waals surface area contributed by atoms with E-state index < -0.39 is 0 Å². The van der Waals surface area contributed by atoms with Crippen LogP contribution in [0.15, 0.2) is 18.2 Å². The molecule has 0 aliphatic carbocycles. The Morgan fingerprint density at radius 1 is 1.33 bits per heavy atom. The number of aryl methyl sites for hydroxylation is 1. The molecule has 0 radical (unpaired) electrons. The Morgan fingerprint density at radius 2 is 2.11 bits per heavy atom. The maximum Gasteiger partial charge on any atom is 0.0547 e. The third-order valence-electron chi connectivity index (χ3n) is 3.09. The van der Waals surface area contributed by atoms with Gasteiger partial charge in [-0.05, 0) is 45.5 Å². The summed E-state index contributed by atoms with van der Waals surface area (Å²) in [6.45, 7) is 9.60. The Balaban J connectivity index is 2.42. The maximum absolute atomic E-state index is 4.55. The minimum atomic E-state index is 0.583. The van der Waals surface area contributed by atoms with E-state index in [2.05, 4.69) is 48.2 Å². The largest absolute Gasteiger partial charge is 0.313 e. The summed E-state index contributed by atoms with van der Waals surface area (Å²) < 4.78 is 0. The van der Waals surface area contributed by atoms with Gasteiger partial charge in [-0.2, -0.15) is 0 Å². The zero-order chi connectivity index (χ0) is 13.4. The monoisotopic (exact) mass is 249 g/mol. The number of rotatable bonds is 8. The lowest BCUT2D eigenvalue weighted by Gasteiger charge is -2.24. The van der Waals surface area contributed by atoms with Gasteiger partial charge in [0.25, 0.3) is 0 Å². The molecule has 1 heterocycles. The number of hydrogen-bond acceptors (Lipinski definition) is 3. The van der Waals surface area contributed by atoms with Crippen LogP contribution >= 0.6 is 0 Å². The van der Waals surface area contributed by atoms with Crippen molar-refractivity contribution >= 4 is 0 Å². The molecule has 0 bridgehead atoms. The molecule has 0 aliphatic rings. The van der Waals surface area contributed by atoms with E-state index in [1.54, 1.807) is 0 Å². The lowest BCUT2D eigenvalue weighted by molar-refractivity contribution is 0.275. The van der Waals surface area contributed by atoms with Gasteiger partial charge in [-0.3, -0.25) is 9.88 Å². The molecule has 3 nitrogen and oxygen atoms in total. The van der Waals surface area contributed by atoms with E-state index in [-0.39, 0.29) is 0 Å². The van der Waals surface area contributed by atoms with Gasteiger partial charge < -0.3 is 5.32 Å². The average molecular weight is 249 g/mol. The first-order chi connectivity index (χ1) is 8.65. The van der Waals surface area contributed by atoms with E-state index in [9.17, 15) is 0 Å². The van der Waals surface area contributed by atoms with Crippen molar-refractivity contribution in [3.05, 3.63) is 29.6 Å². The summed E-state index contributed by atoms with van der Waals surface area (Å²) in [5.41, 5.74) is 2.25. The zero-order valence-corrected chi connectivity index (χ0v) is 12.2. The van der Waals surface area contributed by atoms with Crippen LogP contribution < -0.4 is 5.32 Å². The van der Waals surface area contributed by atoms with Gasteiger partial charge in [0, 0.05) is 24.8 Å². The minimum absolute atomic E-state index is 0.583. The van der Waals surface area contributed by atoms with E-state index in [0.717, 1.165) is 31.0 Å². The molecule has 0 fully saturated rings. The van der Waals surface area contributed by atoms with Crippen molar-refractivity contribution in [1.29, 1.82) is 0 Å². The first kappa shape index (κ1) is 15.1. The molecule has 1 N–H and O–H groups in total. The van der Waals surface area contributed by atoms with Crippen LogP contribution in [0.3, 0.4) is 0 Å². The molecule has 1 rings (SSSR count). The summed E-state index contributed by atoms with van der Waals surface area (Å²) in [6, 6.07) is 6.81. The zero-order valence-electron chi connectivity index (χ0n) is 12.2. The molecule has 1 aromatic heterocycles. The van der Waals surface area contributed by atoms with Crippen molar-refractivity contribution in [2.75, 3.05) is 20.1 Å². The van der Waals surface area contributed by atoms with Crippen molar-refractivity contribution in [2.24, 2.45) is 0 Å². The molecular formula is C15H27N3. The van der Waals surface area contributed by atoms with Crippen molar-refractivity contribution in [1.82, 2.24) is 15.2 Å². The second-order valence-electron chi connectivity index (χ2n) is 5.03. The Hall–Kier alpha value is -0.930. The number of pyridine rings is 1. The van der Waals surface area contributed by atoms with Crippen molar-refractivity contribution in [3.8, 4) is 0 Å². The summed E-state index contributed by atoms with van der Waals surface area (Å²) in [7, 11) is 2.17. The topological polar surface area (TPSA) is 28.2 Å². The normalized spacial score (nSPS) is 12.9. The fourth-order valence-electron chi connectivity index (χ4n) is 2.09. The summed E-state index contributed by atoms with van der Waals surface area (Å²) in [6.07, 6.45) is 2.37. The summed E-state index contributed by atoms with van der Waals surface area (Å²) in [4.78, 5) is 6.89. The molecule has 1 atom stereocenters. The smallest absolute Gasteiger partial charge is 0.0547 e. The highest BCUT2D eigenvalue weighted by molar-refractivity contribution is 5.09.